The first kappa shape index (κ1) is 19.2. The summed E-state index contributed by atoms with van der Waals surface area (Å²) in [6, 6.07) is 4.01. The summed E-state index contributed by atoms with van der Waals surface area (Å²) in [5.74, 6) is 2.22. The quantitative estimate of drug-likeness (QED) is 0.609. The lowest BCUT2D eigenvalue weighted by molar-refractivity contribution is 0.0649. The number of nitrogens with zero attached hydrogens (tertiary/aromatic N) is 4. The van der Waals surface area contributed by atoms with Crippen molar-refractivity contribution in [1.82, 2.24) is 14.9 Å². The molecular weight excluding hydrogens is 380 g/mol. The molecular formula is C23H28N4O3. The zero-order valence-electron chi connectivity index (χ0n) is 17.5. The summed E-state index contributed by atoms with van der Waals surface area (Å²) >= 11 is 0. The van der Waals surface area contributed by atoms with Crippen molar-refractivity contribution in [3.63, 3.8) is 0 Å². The molecule has 0 aromatic carbocycles. The van der Waals surface area contributed by atoms with E-state index in [1.54, 1.807) is 12.6 Å². The molecule has 2 aliphatic rings. The number of anilines is 1. The number of amides is 1. The van der Waals surface area contributed by atoms with E-state index in [0.717, 1.165) is 68.6 Å². The standard InChI is InChI=1S/C23H28N4O3/c1-16-19(20-21(24-15-25-22(20)30-16)26-11-5-2-6-12-26)23(28)27(17-8-3-4-9-17)14-18-10-7-13-29-18/h7,10,13,15,17H,2-6,8-9,11-12,14H2,1H3. The van der Waals surface area contributed by atoms with Gasteiger partial charge in [-0.3, -0.25) is 4.79 Å². The maximum Gasteiger partial charge on any atom is 0.258 e. The van der Waals surface area contributed by atoms with Gasteiger partial charge in [0.1, 0.15) is 23.7 Å². The fourth-order valence-corrected chi connectivity index (χ4v) is 4.93. The Morgan fingerprint density at radius 1 is 1.17 bits per heavy atom. The van der Waals surface area contributed by atoms with Crippen molar-refractivity contribution < 1.29 is 13.6 Å². The number of piperidine rings is 1. The van der Waals surface area contributed by atoms with Crippen molar-refractivity contribution in [3.05, 3.63) is 41.8 Å². The minimum atomic E-state index is -0.0115. The van der Waals surface area contributed by atoms with Gasteiger partial charge in [0, 0.05) is 19.1 Å². The maximum absolute atomic E-state index is 13.9. The van der Waals surface area contributed by atoms with Gasteiger partial charge in [-0.15, -0.1) is 0 Å². The molecule has 158 valence electrons. The first-order valence-electron chi connectivity index (χ1n) is 11.0. The van der Waals surface area contributed by atoms with Crippen LogP contribution in [0.3, 0.4) is 0 Å². The largest absolute Gasteiger partial charge is 0.467 e. The van der Waals surface area contributed by atoms with Gasteiger partial charge in [0.15, 0.2) is 0 Å². The van der Waals surface area contributed by atoms with E-state index in [9.17, 15) is 4.79 Å². The third-order valence-electron chi connectivity index (χ3n) is 6.45. The number of fused-ring (bicyclic) bond motifs is 1. The molecule has 2 fully saturated rings. The highest BCUT2D eigenvalue weighted by Gasteiger charge is 2.33. The SMILES string of the molecule is Cc1oc2ncnc(N3CCCCC3)c2c1C(=O)N(Cc1ccco1)C1CCCC1. The van der Waals surface area contributed by atoms with Gasteiger partial charge < -0.3 is 18.6 Å². The smallest absolute Gasteiger partial charge is 0.258 e. The molecule has 1 amide bonds. The fraction of sp³-hybridized carbons (Fsp3) is 0.522. The highest BCUT2D eigenvalue weighted by Crippen LogP contribution is 2.35. The van der Waals surface area contributed by atoms with Gasteiger partial charge >= 0.3 is 0 Å². The van der Waals surface area contributed by atoms with Crippen LogP contribution in [-0.4, -0.2) is 39.9 Å². The molecule has 3 aromatic rings. The van der Waals surface area contributed by atoms with Crippen LogP contribution >= 0.6 is 0 Å². The molecule has 3 aromatic heterocycles. The number of carbonyl (C=O) groups is 1. The summed E-state index contributed by atoms with van der Waals surface area (Å²) < 4.78 is 11.5. The number of hydrogen-bond donors (Lipinski definition) is 0. The van der Waals surface area contributed by atoms with Crippen LogP contribution < -0.4 is 4.90 Å². The average Bonchev–Trinajstić information content (AvgIpc) is 3.52. The Balaban J connectivity index is 1.57. The Labute approximate surface area is 176 Å². The molecule has 5 rings (SSSR count). The van der Waals surface area contributed by atoms with Crippen LogP contribution in [0.15, 0.2) is 33.6 Å². The van der Waals surface area contributed by atoms with Crippen LogP contribution in [0, 0.1) is 6.92 Å². The predicted octanol–water partition coefficient (Wildman–Crippen LogP) is 4.70. The zero-order chi connectivity index (χ0) is 20.5. The monoisotopic (exact) mass is 408 g/mol. The lowest BCUT2D eigenvalue weighted by Crippen LogP contribution is -2.38. The summed E-state index contributed by atoms with van der Waals surface area (Å²) in [5, 5.41) is 0.754. The van der Waals surface area contributed by atoms with Crippen LogP contribution in [0.1, 0.15) is 66.8 Å². The molecule has 1 aliphatic heterocycles. The van der Waals surface area contributed by atoms with E-state index in [1.165, 1.54) is 6.42 Å². The number of carbonyl (C=O) groups excluding carboxylic acids is 1. The Kier molecular flexibility index (Phi) is 5.19. The lowest BCUT2D eigenvalue weighted by Gasteiger charge is -2.30. The van der Waals surface area contributed by atoms with E-state index in [4.69, 9.17) is 8.83 Å². The molecule has 0 N–H and O–H groups in total. The minimum Gasteiger partial charge on any atom is -0.467 e. The summed E-state index contributed by atoms with van der Waals surface area (Å²) in [4.78, 5) is 27.1. The highest BCUT2D eigenvalue weighted by molar-refractivity contribution is 6.10. The zero-order valence-corrected chi connectivity index (χ0v) is 17.5. The molecule has 1 saturated heterocycles. The van der Waals surface area contributed by atoms with E-state index in [0.29, 0.717) is 23.6 Å². The topological polar surface area (TPSA) is 75.6 Å². The van der Waals surface area contributed by atoms with Gasteiger partial charge in [0.2, 0.25) is 5.71 Å². The van der Waals surface area contributed by atoms with Gasteiger partial charge in [0.25, 0.3) is 5.91 Å². The van der Waals surface area contributed by atoms with E-state index >= 15 is 0 Å². The van der Waals surface area contributed by atoms with Crippen LogP contribution in [0.5, 0.6) is 0 Å². The van der Waals surface area contributed by atoms with E-state index < -0.39 is 0 Å². The second-order valence-corrected chi connectivity index (χ2v) is 8.41. The number of aryl methyl sites for hydroxylation is 1. The Morgan fingerprint density at radius 3 is 2.70 bits per heavy atom. The lowest BCUT2D eigenvalue weighted by atomic mass is 10.1. The second-order valence-electron chi connectivity index (χ2n) is 8.41. The molecule has 0 spiro atoms. The van der Waals surface area contributed by atoms with Crippen LogP contribution in [-0.2, 0) is 6.54 Å². The highest BCUT2D eigenvalue weighted by atomic mass is 16.3. The third kappa shape index (κ3) is 3.46. The molecule has 30 heavy (non-hydrogen) atoms. The number of hydrogen-bond acceptors (Lipinski definition) is 6. The fourth-order valence-electron chi connectivity index (χ4n) is 4.93. The summed E-state index contributed by atoms with van der Waals surface area (Å²) in [7, 11) is 0. The van der Waals surface area contributed by atoms with Gasteiger partial charge in [-0.1, -0.05) is 12.8 Å². The van der Waals surface area contributed by atoms with E-state index in [2.05, 4.69) is 14.9 Å². The van der Waals surface area contributed by atoms with Crippen molar-refractivity contribution in [2.75, 3.05) is 18.0 Å². The van der Waals surface area contributed by atoms with Crippen molar-refractivity contribution in [3.8, 4) is 0 Å². The first-order valence-corrected chi connectivity index (χ1v) is 11.0. The van der Waals surface area contributed by atoms with Crippen LogP contribution in [0.4, 0.5) is 5.82 Å². The Hall–Kier alpha value is -2.83. The number of rotatable bonds is 5. The predicted molar refractivity (Wildman–Crippen MR) is 113 cm³/mol. The molecule has 0 atom stereocenters. The molecule has 0 unspecified atom stereocenters. The molecule has 1 aliphatic carbocycles. The third-order valence-corrected chi connectivity index (χ3v) is 6.45. The molecule has 7 nitrogen and oxygen atoms in total. The first-order chi connectivity index (χ1) is 14.7. The minimum absolute atomic E-state index is 0.0115. The van der Waals surface area contributed by atoms with Crippen molar-refractivity contribution in [2.24, 2.45) is 0 Å². The van der Waals surface area contributed by atoms with Crippen LogP contribution in [0.25, 0.3) is 11.1 Å². The van der Waals surface area contributed by atoms with Gasteiger partial charge in [-0.25, -0.2) is 9.97 Å². The maximum atomic E-state index is 13.9. The number of furan rings is 2. The Bertz CT molecular complexity index is 1010. The van der Waals surface area contributed by atoms with Crippen molar-refractivity contribution >= 4 is 22.8 Å². The van der Waals surface area contributed by atoms with Gasteiger partial charge in [0.05, 0.1) is 23.8 Å². The summed E-state index contributed by atoms with van der Waals surface area (Å²) in [6.45, 7) is 4.22. The Morgan fingerprint density at radius 2 is 1.97 bits per heavy atom. The average molecular weight is 409 g/mol. The molecule has 0 bridgehead atoms. The summed E-state index contributed by atoms with van der Waals surface area (Å²) in [5.41, 5.74) is 1.10. The second kappa shape index (κ2) is 8.13. The summed E-state index contributed by atoms with van der Waals surface area (Å²) in [6.07, 6.45) is 11.1. The van der Waals surface area contributed by atoms with E-state index in [1.807, 2.05) is 24.0 Å². The van der Waals surface area contributed by atoms with Crippen LogP contribution in [0.2, 0.25) is 0 Å². The number of aromatic nitrogens is 2. The van der Waals surface area contributed by atoms with Crippen molar-refractivity contribution in [2.45, 2.75) is 64.5 Å². The molecule has 1 saturated carbocycles. The van der Waals surface area contributed by atoms with Gasteiger partial charge in [-0.2, -0.15) is 0 Å². The van der Waals surface area contributed by atoms with E-state index in [-0.39, 0.29) is 11.9 Å². The molecule has 7 heteroatoms. The molecule has 0 radical (unpaired) electrons. The molecule has 4 heterocycles. The van der Waals surface area contributed by atoms with Gasteiger partial charge in [-0.05, 0) is 51.2 Å². The van der Waals surface area contributed by atoms with Crippen molar-refractivity contribution in [1.29, 1.82) is 0 Å². The normalized spacial score (nSPS) is 17.7.